The van der Waals surface area contributed by atoms with E-state index < -0.39 is 11.7 Å². The summed E-state index contributed by atoms with van der Waals surface area (Å²) in [5.41, 5.74) is -0.382. The van der Waals surface area contributed by atoms with Crippen LogP contribution in [0.15, 0.2) is 23.2 Å². The first kappa shape index (κ1) is 11.3. The zero-order valence-electron chi connectivity index (χ0n) is 8.01. The largest absolute Gasteiger partial charge is 0.475 e. The van der Waals surface area contributed by atoms with Crippen LogP contribution >= 0.6 is 11.6 Å². The average molecular weight is 250 g/mol. The van der Waals surface area contributed by atoms with E-state index in [-0.39, 0.29) is 5.02 Å². The third-order valence-electron chi connectivity index (χ3n) is 2.11. The Balaban J connectivity index is 2.37. The molecule has 1 aromatic carbocycles. The molecule has 16 heavy (non-hydrogen) atoms. The molecule has 0 fully saturated rings. The Bertz CT molecular complexity index is 442. The maximum absolute atomic E-state index is 12.4. The van der Waals surface area contributed by atoms with Crippen molar-refractivity contribution in [2.75, 3.05) is 13.2 Å². The molecule has 6 heteroatoms. The van der Waals surface area contributed by atoms with Gasteiger partial charge in [-0.15, -0.1) is 0 Å². The zero-order valence-corrected chi connectivity index (χ0v) is 8.77. The molecule has 0 N–H and O–H groups in total. The topological polar surface area (TPSA) is 21.6 Å². The highest BCUT2D eigenvalue weighted by Gasteiger charge is 2.31. The minimum absolute atomic E-state index is 0.00419. The first-order valence-corrected chi connectivity index (χ1v) is 4.90. The first-order valence-electron chi connectivity index (χ1n) is 4.53. The van der Waals surface area contributed by atoms with Gasteiger partial charge in [0.15, 0.2) is 0 Å². The molecule has 86 valence electrons. The van der Waals surface area contributed by atoms with E-state index in [0.29, 0.717) is 24.6 Å². The number of hydrogen-bond acceptors (Lipinski definition) is 2. The predicted octanol–water partition coefficient (Wildman–Crippen LogP) is 3.14. The van der Waals surface area contributed by atoms with Crippen molar-refractivity contribution in [3.05, 3.63) is 34.3 Å². The quantitative estimate of drug-likeness (QED) is 0.749. The molecule has 1 aliphatic rings. The van der Waals surface area contributed by atoms with Crippen molar-refractivity contribution in [1.82, 2.24) is 0 Å². The van der Waals surface area contributed by atoms with E-state index in [1.807, 2.05) is 0 Å². The van der Waals surface area contributed by atoms with Gasteiger partial charge in [0, 0.05) is 0 Å². The number of hydrogen-bond donors (Lipinski definition) is 0. The molecule has 0 spiro atoms. The summed E-state index contributed by atoms with van der Waals surface area (Å²) in [6.07, 6.45) is -4.39. The van der Waals surface area contributed by atoms with Crippen LogP contribution in [0, 0.1) is 0 Å². The number of rotatable bonds is 1. The third-order valence-corrected chi connectivity index (χ3v) is 2.43. The van der Waals surface area contributed by atoms with Gasteiger partial charge in [-0.1, -0.05) is 11.6 Å². The molecule has 0 unspecified atom stereocenters. The third kappa shape index (κ3) is 2.14. The van der Waals surface area contributed by atoms with Gasteiger partial charge in [-0.3, -0.25) is 0 Å². The van der Waals surface area contributed by atoms with Crippen molar-refractivity contribution in [2.45, 2.75) is 6.18 Å². The van der Waals surface area contributed by atoms with E-state index >= 15 is 0 Å². The predicted molar refractivity (Wildman–Crippen MR) is 53.8 cm³/mol. The van der Waals surface area contributed by atoms with Gasteiger partial charge in [0.25, 0.3) is 0 Å². The lowest BCUT2D eigenvalue weighted by molar-refractivity contribution is -0.137. The van der Waals surface area contributed by atoms with Gasteiger partial charge < -0.3 is 4.74 Å². The first-order chi connectivity index (χ1) is 7.48. The highest BCUT2D eigenvalue weighted by molar-refractivity contribution is 6.33. The highest BCUT2D eigenvalue weighted by atomic mass is 35.5. The summed E-state index contributed by atoms with van der Waals surface area (Å²) in [7, 11) is 0. The van der Waals surface area contributed by atoms with Gasteiger partial charge in [0.05, 0.1) is 22.7 Å². The maximum atomic E-state index is 12.4. The van der Waals surface area contributed by atoms with E-state index in [0.717, 1.165) is 12.1 Å². The van der Waals surface area contributed by atoms with Crippen molar-refractivity contribution in [3.8, 4) is 0 Å². The minimum atomic E-state index is -4.39. The van der Waals surface area contributed by atoms with Gasteiger partial charge in [0.2, 0.25) is 5.90 Å². The number of aliphatic imine (C=N–C) groups is 1. The van der Waals surface area contributed by atoms with E-state index in [9.17, 15) is 13.2 Å². The molecule has 0 atom stereocenters. The summed E-state index contributed by atoms with van der Waals surface area (Å²) in [4.78, 5) is 3.99. The van der Waals surface area contributed by atoms with Gasteiger partial charge in [-0.05, 0) is 18.2 Å². The minimum Gasteiger partial charge on any atom is -0.475 e. The highest BCUT2D eigenvalue weighted by Crippen LogP contribution is 2.32. The maximum Gasteiger partial charge on any atom is 0.416 e. The van der Waals surface area contributed by atoms with Crippen molar-refractivity contribution in [2.24, 2.45) is 4.99 Å². The molecule has 0 aromatic heterocycles. The van der Waals surface area contributed by atoms with Crippen LogP contribution in [0.25, 0.3) is 0 Å². The SMILES string of the molecule is FC(F)(F)c1ccc(C2=NCCO2)c(Cl)c1. The molecule has 1 heterocycles. The number of alkyl halides is 3. The summed E-state index contributed by atoms with van der Waals surface area (Å²) in [5.74, 6) is 0.304. The molecule has 0 saturated carbocycles. The van der Waals surface area contributed by atoms with Crippen LogP contribution in [-0.4, -0.2) is 19.0 Å². The molecule has 0 bridgehead atoms. The number of benzene rings is 1. The lowest BCUT2D eigenvalue weighted by Gasteiger charge is -2.09. The fourth-order valence-corrected chi connectivity index (χ4v) is 1.62. The fraction of sp³-hybridized carbons (Fsp3) is 0.300. The Morgan fingerprint density at radius 2 is 2.06 bits per heavy atom. The molecular formula is C10H7ClF3NO. The molecule has 2 rings (SSSR count). The van der Waals surface area contributed by atoms with E-state index in [1.54, 1.807) is 0 Å². The van der Waals surface area contributed by atoms with Crippen molar-refractivity contribution in [1.29, 1.82) is 0 Å². The number of halogens is 4. The van der Waals surface area contributed by atoms with Crippen LogP contribution in [0.3, 0.4) is 0 Å². The second kappa shape index (κ2) is 3.97. The molecular weight excluding hydrogens is 243 g/mol. The smallest absolute Gasteiger partial charge is 0.416 e. The van der Waals surface area contributed by atoms with Crippen LogP contribution in [0.1, 0.15) is 11.1 Å². The Hall–Kier alpha value is -1.23. The second-order valence-electron chi connectivity index (χ2n) is 3.23. The Labute approximate surface area is 94.7 Å². The number of nitrogens with zero attached hydrogens (tertiary/aromatic N) is 1. The van der Waals surface area contributed by atoms with Crippen molar-refractivity contribution >= 4 is 17.5 Å². The Kier molecular flexibility index (Phi) is 2.80. The van der Waals surface area contributed by atoms with E-state index in [4.69, 9.17) is 16.3 Å². The van der Waals surface area contributed by atoms with Gasteiger partial charge >= 0.3 is 6.18 Å². The summed E-state index contributed by atoms with van der Waals surface area (Å²) in [6, 6.07) is 3.11. The van der Waals surface area contributed by atoms with Crippen molar-refractivity contribution in [3.63, 3.8) is 0 Å². The van der Waals surface area contributed by atoms with Gasteiger partial charge in [-0.25, -0.2) is 4.99 Å². The standard InChI is InChI=1S/C10H7ClF3NO/c11-8-5-6(10(12,13)14)1-2-7(8)9-15-3-4-16-9/h1-2,5H,3-4H2. The summed E-state index contributed by atoms with van der Waals surface area (Å²) >= 11 is 5.75. The monoisotopic (exact) mass is 249 g/mol. The molecule has 2 nitrogen and oxygen atoms in total. The van der Waals surface area contributed by atoms with Crippen LogP contribution < -0.4 is 0 Å². The molecule has 0 saturated heterocycles. The average Bonchev–Trinajstić information content (AvgIpc) is 2.69. The van der Waals surface area contributed by atoms with Crippen molar-refractivity contribution < 1.29 is 17.9 Å². The van der Waals surface area contributed by atoms with Crippen LogP contribution in [0.4, 0.5) is 13.2 Å². The zero-order chi connectivity index (χ0) is 11.8. The molecule has 0 amide bonds. The summed E-state index contributed by atoms with van der Waals surface area (Å²) < 4.78 is 42.2. The molecule has 1 aliphatic heterocycles. The fourth-order valence-electron chi connectivity index (χ4n) is 1.36. The molecule has 1 aromatic rings. The van der Waals surface area contributed by atoms with Crippen LogP contribution in [0.2, 0.25) is 5.02 Å². The summed E-state index contributed by atoms with van der Waals surface area (Å²) in [6.45, 7) is 0.944. The Morgan fingerprint density at radius 1 is 1.31 bits per heavy atom. The lowest BCUT2D eigenvalue weighted by Crippen LogP contribution is -2.07. The van der Waals surface area contributed by atoms with E-state index in [1.165, 1.54) is 6.07 Å². The molecule has 0 aliphatic carbocycles. The lowest BCUT2D eigenvalue weighted by atomic mass is 10.1. The van der Waals surface area contributed by atoms with Gasteiger partial charge in [-0.2, -0.15) is 13.2 Å². The molecule has 0 radical (unpaired) electrons. The second-order valence-corrected chi connectivity index (χ2v) is 3.63. The van der Waals surface area contributed by atoms with Gasteiger partial charge in [0.1, 0.15) is 6.61 Å². The van der Waals surface area contributed by atoms with Crippen LogP contribution in [-0.2, 0) is 10.9 Å². The van der Waals surface area contributed by atoms with E-state index in [2.05, 4.69) is 4.99 Å². The summed E-state index contributed by atoms with van der Waals surface area (Å²) in [5, 5.41) is -0.00419. The normalized spacial score (nSPS) is 15.9. The van der Waals surface area contributed by atoms with Crippen LogP contribution in [0.5, 0.6) is 0 Å². The Morgan fingerprint density at radius 3 is 2.56 bits per heavy atom. The number of ether oxygens (including phenoxy) is 1.